The zero-order valence-electron chi connectivity index (χ0n) is 13.3. The lowest BCUT2D eigenvalue weighted by atomic mass is 9.92. The average molecular weight is 329 g/mol. The lowest BCUT2D eigenvalue weighted by Crippen LogP contribution is -2.35. The van der Waals surface area contributed by atoms with Gasteiger partial charge < -0.3 is 10.0 Å². The number of likely N-dealkylation sites (N-methyl/N-ethyl adjacent to an activating group) is 1. The minimum absolute atomic E-state index is 0.0129. The molecular weight excluding hydrogens is 307 g/mol. The largest absolute Gasteiger partial charge is 0.416 e. The van der Waals surface area contributed by atoms with Crippen molar-refractivity contribution < 1.29 is 23.1 Å². The number of benzene rings is 1. The van der Waals surface area contributed by atoms with Crippen LogP contribution in [0.25, 0.3) is 0 Å². The van der Waals surface area contributed by atoms with Crippen LogP contribution in [-0.4, -0.2) is 35.6 Å². The topological polar surface area (TPSA) is 40.5 Å². The highest BCUT2D eigenvalue weighted by atomic mass is 19.4. The molecule has 2 unspecified atom stereocenters. The zero-order valence-corrected chi connectivity index (χ0v) is 13.3. The molecule has 1 aliphatic rings. The second-order valence-electron chi connectivity index (χ2n) is 6.37. The molecule has 1 aromatic carbocycles. The van der Waals surface area contributed by atoms with E-state index in [4.69, 9.17) is 0 Å². The Kier molecular flexibility index (Phi) is 5.34. The van der Waals surface area contributed by atoms with Crippen LogP contribution < -0.4 is 0 Å². The monoisotopic (exact) mass is 329 g/mol. The number of aliphatic hydroxyl groups excluding tert-OH is 1. The Morgan fingerprint density at radius 3 is 2.52 bits per heavy atom. The lowest BCUT2D eigenvalue weighted by Gasteiger charge is -2.23. The van der Waals surface area contributed by atoms with Gasteiger partial charge in [0, 0.05) is 20.0 Å². The summed E-state index contributed by atoms with van der Waals surface area (Å²) < 4.78 is 39.1. The van der Waals surface area contributed by atoms with Crippen molar-refractivity contribution in [2.45, 2.75) is 44.4 Å². The summed E-state index contributed by atoms with van der Waals surface area (Å²) in [6.07, 6.45) is -3.04. The summed E-state index contributed by atoms with van der Waals surface area (Å²) in [5, 5.41) is 9.87. The fourth-order valence-corrected chi connectivity index (χ4v) is 2.73. The number of amides is 1. The summed E-state index contributed by atoms with van der Waals surface area (Å²) in [4.78, 5) is 13.6. The maximum atomic E-state index is 13.0. The summed E-state index contributed by atoms with van der Waals surface area (Å²) in [5.41, 5.74) is -0.564. The first-order valence-corrected chi connectivity index (χ1v) is 7.78. The molecule has 0 heterocycles. The summed E-state index contributed by atoms with van der Waals surface area (Å²) in [6, 6.07) is 5.35. The summed E-state index contributed by atoms with van der Waals surface area (Å²) in [7, 11) is 1.58. The number of halogens is 3. The molecule has 1 aliphatic carbocycles. The summed E-state index contributed by atoms with van der Waals surface area (Å²) in [5.74, 6) is -0.538. The minimum atomic E-state index is -4.43. The van der Waals surface area contributed by atoms with Crippen molar-refractivity contribution in [2.75, 3.05) is 13.6 Å². The Balaban J connectivity index is 2.01. The van der Waals surface area contributed by atoms with Crippen molar-refractivity contribution in [3.8, 4) is 0 Å². The number of carbonyl (C=O) groups excluding carboxylic acids is 1. The first-order chi connectivity index (χ1) is 10.7. The van der Waals surface area contributed by atoms with Crippen LogP contribution in [0.1, 0.15) is 43.2 Å². The van der Waals surface area contributed by atoms with Crippen molar-refractivity contribution in [3.63, 3.8) is 0 Å². The Bertz CT molecular complexity index is 555. The first kappa shape index (κ1) is 17.8. The molecule has 128 valence electrons. The summed E-state index contributed by atoms with van der Waals surface area (Å²) >= 11 is 0. The van der Waals surface area contributed by atoms with Crippen LogP contribution in [0.4, 0.5) is 13.2 Å². The second-order valence-corrected chi connectivity index (χ2v) is 6.37. The number of hydrogen-bond donors (Lipinski definition) is 1. The van der Waals surface area contributed by atoms with Crippen LogP contribution in [0, 0.1) is 5.92 Å². The lowest BCUT2D eigenvalue weighted by molar-refractivity contribution is -0.139. The van der Waals surface area contributed by atoms with E-state index in [1.165, 1.54) is 17.0 Å². The molecule has 0 radical (unpaired) electrons. The molecule has 1 fully saturated rings. The van der Waals surface area contributed by atoms with Crippen LogP contribution in [-0.2, 0) is 11.0 Å². The molecule has 3 nitrogen and oxygen atoms in total. The normalized spacial score (nSPS) is 17.7. The van der Waals surface area contributed by atoms with Gasteiger partial charge >= 0.3 is 6.18 Å². The fraction of sp³-hybridized carbons (Fsp3) is 0.588. The third-order valence-electron chi connectivity index (χ3n) is 4.33. The van der Waals surface area contributed by atoms with E-state index in [1.807, 2.05) is 0 Å². The molecule has 23 heavy (non-hydrogen) atoms. The molecule has 6 heteroatoms. The molecule has 1 aromatic rings. The van der Waals surface area contributed by atoms with E-state index >= 15 is 0 Å². The number of carbonyl (C=O) groups is 1. The molecule has 0 saturated heterocycles. The maximum Gasteiger partial charge on any atom is 0.416 e. The predicted octanol–water partition coefficient (Wildman–Crippen LogP) is 3.43. The van der Waals surface area contributed by atoms with E-state index in [0.29, 0.717) is 0 Å². The van der Waals surface area contributed by atoms with Crippen LogP contribution in [0.2, 0.25) is 0 Å². The smallest absolute Gasteiger partial charge is 0.391 e. The van der Waals surface area contributed by atoms with Crippen molar-refractivity contribution in [3.05, 3.63) is 35.4 Å². The van der Waals surface area contributed by atoms with Gasteiger partial charge in [0.15, 0.2) is 0 Å². The van der Waals surface area contributed by atoms with Gasteiger partial charge in [-0.2, -0.15) is 13.2 Å². The average Bonchev–Trinajstić information content (AvgIpc) is 3.30. The Morgan fingerprint density at radius 1 is 1.35 bits per heavy atom. The van der Waals surface area contributed by atoms with Gasteiger partial charge in [-0.3, -0.25) is 4.79 Å². The molecular formula is C17H22F3NO2. The highest BCUT2D eigenvalue weighted by Crippen LogP contribution is 2.36. The van der Waals surface area contributed by atoms with E-state index in [9.17, 15) is 23.1 Å². The Hall–Kier alpha value is -1.56. The van der Waals surface area contributed by atoms with Crippen LogP contribution in [0.15, 0.2) is 24.3 Å². The quantitative estimate of drug-likeness (QED) is 0.869. The maximum absolute atomic E-state index is 13.0. The number of aliphatic hydroxyl groups is 1. The molecule has 0 spiro atoms. The number of alkyl halides is 3. The van der Waals surface area contributed by atoms with Crippen LogP contribution in [0.3, 0.4) is 0 Å². The molecule has 1 N–H and O–H groups in total. The van der Waals surface area contributed by atoms with Crippen molar-refractivity contribution in [1.82, 2.24) is 4.90 Å². The molecule has 2 atom stereocenters. The molecule has 0 bridgehead atoms. The third kappa shape index (κ3) is 4.70. The highest BCUT2D eigenvalue weighted by Gasteiger charge is 2.35. The Morgan fingerprint density at radius 2 is 1.96 bits per heavy atom. The first-order valence-electron chi connectivity index (χ1n) is 7.78. The van der Waals surface area contributed by atoms with Gasteiger partial charge in [-0.25, -0.2) is 0 Å². The van der Waals surface area contributed by atoms with Crippen LogP contribution >= 0.6 is 0 Å². The van der Waals surface area contributed by atoms with E-state index in [2.05, 4.69) is 0 Å². The molecule has 2 rings (SSSR count). The minimum Gasteiger partial charge on any atom is -0.391 e. The van der Waals surface area contributed by atoms with E-state index in [-0.39, 0.29) is 30.4 Å². The van der Waals surface area contributed by atoms with Gasteiger partial charge in [-0.05, 0) is 36.3 Å². The van der Waals surface area contributed by atoms with E-state index < -0.39 is 23.8 Å². The standard InChI is InChI=1S/C17H22F3NO2/c1-11(13-5-3-4-6-14(13)17(18,19)20)9-16(23)21(2)10-15(22)12-7-8-12/h3-6,11-12,15,22H,7-10H2,1-2H3. The predicted molar refractivity (Wildman–Crippen MR) is 80.8 cm³/mol. The highest BCUT2D eigenvalue weighted by molar-refractivity contribution is 5.77. The molecule has 0 aromatic heterocycles. The number of rotatable bonds is 6. The summed E-state index contributed by atoms with van der Waals surface area (Å²) in [6.45, 7) is 1.85. The van der Waals surface area contributed by atoms with Crippen molar-refractivity contribution in [2.24, 2.45) is 5.92 Å². The van der Waals surface area contributed by atoms with Gasteiger partial charge in [0.25, 0.3) is 0 Å². The van der Waals surface area contributed by atoms with Gasteiger partial charge in [0.1, 0.15) is 0 Å². The van der Waals surface area contributed by atoms with E-state index in [0.717, 1.165) is 18.9 Å². The van der Waals surface area contributed by atoms with Crippen LogP contribution in [0.5, 0.6) is 0 Å². The SMILES string of the molecule is CC(CC(=O)N(C)CC(O)C1CC1)c1ccccc1C(F)(F)F. The van der Waals surface area contributed by atoms with Gasteiger partial charge in [-0.1, -0.05) is 25.1 Å². The van der Waals surface area contributed by atoms with Gasteiger partial charge in [0.05, 0.1) is 11.7 Å². The van der Waals surface area contributed by atoms with E-state index in [1.54, 1.807) is 20.0 Å². The molecule has 0 aliphatic heterocycles. The van der Waals surface area contributed by atoms with Crippen molar-refractivity contribution >= 4 is 5.91 Å². The molecule has 1 saturated carbocycles. The Labute approximate surface area is 134 Å². The molecule has 1 amide bonds. The van der Waals surface area contributed by atoms with Gasteiger partial charge in [-0.15, -0.1) is 0 Å². The van der Waals surface area contributed by atoms with Crippen molar-refractivity contribution in [1.29, 1.82) is 0 Å². The zero-order chi connectivity index (χ0) is 17.2. The second kappa shape index (κ2) is 6.91. The third-order valence-corrected chi connectivity index (χ3v) is 4.33. The number of nitrogens with zero attached hydrogens (tertiary/aromatic N) is 1. The number of hydrogen-bond acceptors (Lipinski definition) is 2. The fourth-order valence-electron chi connectivity index (χ4n) is 2.73. The van der Waals surface area contributed by atoms with Gasteiger partial charge in [0.2, 0.25) is 5.91 Å².